The van der Waals surface area contributed by atoms with Gasteiger partial charge in [-0.25, -0.2) is 15.3 Å². The van der Waals surface area contributed by atoms with Crippen molar-refractivity contribution in [2.75, 3.05) is 26.9 Å². The van der Waals surface area contributed by atoms with Crippen LogP contribution in [0.4, 0.5) is 0 Å². The maximum atomic E-state index is 5.18. The average Bonchev–Trinajstić information content (AvgIpc) is 4.30. The van der Waals surface area contributed by atoms with Gasteiger partial charge >= 0.3 is 35.2 Å². The number of nitrogens with zero attached hydrogens (tertiary/aromatic N) is 6. The zero-order valence-corrected chi connectivity index (χ0v) is 46.4. The van der Waals surface area contributed by atoms with E-state index in [0.29, 0.717) is 19.8 Å². The maximum absolute atomic E-state index is 5.18. The molecule has 74 heavy (non-hydrogen) atoms. The molecule has 0 aliphatic heterocycles. The van der Waals surface area contributed by atoms with Gasteiger partial charge in [-0.1, -0.05) is 176 Å². The third-order valence-corrected chi connectivity index (χ3v) is 16.0. The summed E-state index contributed by atoms with van der Waals surface area (Å²) in [5, 5.41) is 17.1. The summed E-state index contributed by atoms with van der Waals surface area (Å²) in [7, 11) is -1.75. The summed E-state index contributed by atoms with van der Waals surface area (Å²) in [5.74, 6) is 4.60. The van der Waals surface area contributed by atoms with E-state index in [4.69, 9.17) is 13.6 Å². The molecule has 0 amide bonds. The monoisotopic (exact) mass is 1110 g/mol. The van der Waals surface area contributed by atoms with E-state index < -0.39 is 29.8 Å². The molecule has 0 atom stereocenters. The van der Waals surface area contributed by atoms with Crippen LogP contribution < -0.4 is 49.0 Å². The first-order valence-corrected chi connectivity index (χ1v) is 27.5. The van der Waals surface area contributed by atoms with Crippen LogP contribution in [-0.4, -0.2) is 69.2 Å². The molecule has 0 saturated heterocycles. The molecule has 3 heterocycles. The van der Waals surface area contributed by atoms with Crippen LogP contribution in [0, 0.1) is 0 Å². The largest absolute Gasteiger partial charge is 3.00 e. The van der Waals surface area contributed by atoms with Crippen molar-refractivity contribution >= 4 is 67.6 Å². The summed E-state index contributed by atoms with van der Waals surface area (Å²) in [6, 6.07) is 81.7. The first-order valence-electron chi connectivity index (χ1n) is 24.8. The smallest absolute Gasteiger partial charge is 0.403 e. The van der Waals surface area contributed by atoms with Crippen LogP contribution in [0.1, 0.15) is 20.8 Å². The van der Waals surface area contributed by atoms with Gasteiger partial charge in [-0.3, -0.25) is 11.3 Å². The molecule has 0 aliphatic carbocycles. The SMILES string of the molecule is CCO[PH+](OCC)OCC.CNN.[Ru+3].c1ccc([B-](c2ccccc2)(c2ccccc2)c2ccccc2)cc1.c1ccc([PH+](c2ccccc2)c2ccccc2)cc1.c1cnn([BH-](n2cccn2)n2cccn2)c1. The molecule has 0 bridgehead atoms. The van der Waals surface area contributed by atoms with Crippen LogP contribution >= 0.6 is 16.5 Å². The summed E-state index contributed by atoms with van der Waals surface area (Å²) in [5.41, 5.74) is 7.61. The molecule has 379 valence electrons. The van der Waals surface area contributed by atoms with Gasteiger partial charge < -0.3 is 13.8 Å². The van der Waals surface area contributed by atoms with E-state index in [1.54, 1.807) is 25.6 Å². The van der Waals surface area contributed by atoms with Crippen molar-refractivity contribution < 1.29 is 33.0 Å². The molecular formula is C58H68B2N8O3P2Ru+3. The van der Waals surface area contributed by atoms with Crippen molar-refractivity contribution in [2.45, 2.75) is 20.8 Å². The van der Waals surface area contributed by atoms with Gasteiger partial charge in [-0.15, -0.1) is 0 Å². The fourth-order valence-corrected chi connectivity index (χ4v) is 12.3. The third kappa shape index (κ3) is 16.8. The molecule has 1 radical (unpaired) electrons. The Morgan fingerprint density at radius 1 is 0.419 bits per heavy atom. The summed E-state index contributed by atoms with van der Waals surface area (Å²) < 4.78 is 21.2. The number of hydrazine groups is 1. The van der Waals surface area contributed by atoms with E-state index in [-0.39, 0.29) is 19.5 Å². The molecule has 11 nitrogen and oxygen atoms in total. The van der Waals surface area contributed by atoms with Gasteiger partial charge in [0, 0.05) is 18.6 Å². The predicted octanol–water partition coefficient (Wildman–Crippen LogP) is 7.31. The molecular weight excluding hydrogens is 1040 g/mol. The molecule has 0 spiro atoms. The van der Waals surface area contributed by atoms with Crippen molar-refractivity contribution in [3.05, 3.63) is 268 Å². The molecule has 0 saturated carbocycles. The maximum Gasteiger partial charge on any atom is 3.00 e. The van der Waals surface area contributed by atoms with Crippen molar-refractivity contribution in [3.8, 4) is 0 Å². The Bertz CT molecular complexity index is 2540. The van der Waals surface area contributed by atoms with Gasteiger partial charge in [0.25, 0.3) is 0 Å². The van der Waals surface area contributed by atoms with E-state index in [0.717, 1.165) is 0 Å². The normalized spacial score (nSPS) is 10.6. The van der Waals surface area contributed by atoms with E-state index in [2.05, 4.69) is 239 Å². The number of aromatic nitrogens is 6. The topological polar surface area (TPSA) is 119 Å². The predicted molar refractivity (Wildman–Crippen MR) is 313 cm³/mol. The average molecular weight is 1110 g/mol. The minimum Gasteiger partial charge on any atom is -0.403 e. The fraction of sp³-hybridized carbons (Fsp3) is 0.121. The molecule has 7 aromatic carbocycles. The van der Waals surface area contributed by atoms with Gasteiger partial charge in [0.1, 0.15) is 22.1 Å². The van der Waals surface area contributed by atoms with Gasteiger partial charge in [0.2, 0.25) is 0 Å². The van der Waals surface area contributed by atoms with E-state index in [1.165, 1.54) is 37.8 Å². The first-order chi connectivity index (χ1) is 36.1. The van der Waals surface area contributed by atoms with Crippen LogP contribution in [0.3, 0.4) is 0 Å². The molecule has 0 fully saturated rings. The first kappa shape index (κ1) is 58.5. The Balaban J connectivity index is 0.000000186. The minimum atomic E-state index is -1.40. The summed E-state index contributed by atoms with van der Waals surface area (Å²) in [6.07, 6.45) is 9.82. The number of nitrogens with one attached hydrogen (secondary N) is 1. The van der Waals surface area contributed by atoms with Crippen molar-refractivity contribution in [3.63, 3.8) is 0 Å². The fourth-order valence-electron chi connectivity index (χ4n) is 8.76. The van der Waals surface area contributed by atoms with Gasteiger partial charge in [0.15, 0.2) is 0 Å². The second-order valence-electron chi connectivity index (χ2n) is 16.4. The number of benzene rings is 7. The Labute approximate surface area is 453 Å². The Morgan fingerprint density at radius 2 is 0.649 bits per heavy atom. The second-order valence-corrected chi connectivity index (χ2v) is 20.2. The zero-order chi connectivity index (χ0) is 51.2. The van der Waals surface area contributed by atoms with Crippen molar-refractivity contribution in [1.29, 1.82) is 0 Å². The Hall–Kier alpha value is -6.42. The van der Waals surface area contributed by atoms with Crippen molar-refractivity contribution in [2.24, 2.45) is 5.84 Å². The molecule has 16 heteroatoms. The third-order valence-electron chi connectivity index (χ3n) is 11.7. The number of rotatable bonds is 16. The molecule has 0 aliphatic rings. The number of hydrogen-bond acceptors (Lipinski definition) is 8. The standard InChI is InChI=1S/C24H20B.C18H15P.C9H10BN6.C6H16O3P.CH6N2.Ru/c1-5-13-21(14-6-1)25(22-15-7-2-8-16-22,23-17-9-3-10-18-23)24-19-11-4-12-20-24;1-4-10-16(11-5-1)19(17-12-6-2-7-13-17)18-14-8-3-9-15-18;1-4-11-14(7-1)10(15-8-2-5-12-15)16-9-3-6-13-16;1-4-7-10(8-5-2)9-6-3;1-3-2;/h1-20H;1-15H;1-10H;10H,4-6H2,1-3H3;3H,2H2,1H3;/q-1;;-1;+1;;+3/p+1. The van der Waals surface area contributed by atoms with Gasteiger partial charge in [-0.05, 0) is 101 Å². The molecule has 3 aromatic heterocycles. The zero-order valence-electron chi connectivity index (χ0n) is 42.6. The van der Waals surface area contributed by atoms with Crippen LogP contribution in [-0.2, 0) is 33.0 Å². The molecule has 10 aromatic rings. The molecule has 3 N–H and O–H groups in total. The number of nitrogens with two attached hydrogens (primary N) is 1. The van der Waals surface area contributed by atoms with Crippen LogP contribution in [0.2, 0.25) is 0 Å². The van der Waals surface area contributed by atoms with Crippen LogP contribution in [0.5, 0.6) is 0 Å². The Morgan fingerprint density at radius 3 is 0.851 bits per heavy atom. The molecule has 0 unspecified atom stereocenters. The van der Waals surface area contributed by atoms with Crippen LogP contribution in [0.25, 0.3) is 0 Å². The quantitative estimate of drug-likeness (QED) is 0.0448. The second kappa shape index (κ2) is 33.4. The van der Waals surface area contributed by atoms with Gasteiger partial charge in [-0.2, -0.15) is 35.4 Å². The minimum absolute atomic E-state index is 0. The summed E-state index contributed by atoms with van der Waals surface area (Å²) in [4.78, 5) is 0. The summed E-state index contributed by atoms with van der Waals surface area (Å²) >= 11 is 0. The van der Waals surface area contributed by atoms with Gasteiger partial charge in [0.05, 0.1) is 27.7 Å². The van der Waals surface area contributed by atoms with E-state index >= 15 is 0 Å². The van der Waals surface area contributed by atoms with Crippen molar-refractivity contribution in [1.82, 2.24) is 34.5 Å². The Kier molecular flexibility index (Phi) is 26.4. The van der Waals surface area contributed by atoms with E-state index in [1.807, 2.05) is 71.3 Å². The summed E-state index contributed by atoms with van der Waals surface area (Å²) in [6.45, 7) is 7.78. The number of hydrogen-bond donors (Lipinski definition) is 2. The molecule has 10 rings (SSSR count). The van der Waals surface area contributed by atoms with E-state index in [9.17, 15) is 0 Å². The van der Waals surface area contributed by atoms with Crippen LogP contribution in [0.15, 0.2) is 268 Å².